The summed E-state index contributed by atoms with van der Waals surface area (Å²) in [4.78, 5) is 37.9. The Bertz CT molecular complexity index is 1280. The lowest BCUT2D eigenvalue weighted by Gasteiger charge is -2.36. The van der Waals surface area contributed by atoms with E-state index in [0.717, 1.165) is 5.56 Å². The highest BCUT2D eigenvalue weighted by Gasteiger charge is 2.44. The van der Waals surface area contributed by atoms with Gasteiger partial charge in [-0.25, -0.2) is 4.79 Å². The van der Waals surface area contributed by atoms with Crippen molar-refractivity contribution in [3.63, 3.8) is 0 Å². The summed E-state index contributed by atoms with van der Waals surface area (Å²) in [5.41, 5.74) is 2.63. The highest BCUT2D eigenvalue weighted by atomic mass is 16.7. The maximum atomic E-state index is 13.6. The fraction of sp³-hybridized carbons (Fsp3) is 0.280. The summed E-state index contributed by atoms with van der Waals surface area (Å²) in [7, 11) is 1.24. The van der Waals surface area contributed by atoms with Crippen LogP contribution in [0.1, 0.15) is 42.7 Å². The summed E-state index contributed by atoms with van der Waals surface area (Å²) >= 11 is 0. The number of ketones is 1. The van der Waals surface area contributed by atoms with Crippen molar-refractivity contribution in [1.82, 2.24) is 5.32 Å². The molecule has 1 aliphatic carbocycles. The van der Waals surface area contributed by atoms with Gasteiger partial charge in [-0.2, -0.15) is 0 Å². The van der Waals surface area contributed by atoms with E-state index in [1.54, 1.807) is 6.92 Å². The van der Waals surface area contributed by atoms with Crippen LogP contribution in [0.2, 0.25) is 0 Å². The third-order valence-corrected chi connectivity index (χ3v) is 6.53. The van der Waals surface area contributed by atoms with Crippen molar-refractivity contribution in [2.24, 2.45) is 0 Å². The Kier molecular flexibility index (Phi) is 5.31. The number of hydrogen-bond acceptors (Lipinski definition) is 8. The summed E-state index contributed by atoms with van der Waals surface area (Å²) in [6.45, 7) is 1.64. The molecule has 9 nitrogen and oxygen atoms in total. The van der Waals surface area contributed by atoms with Gasteiger partial charge in [-0.3, -0.25) is 14.9 Å². The highest BCUT2D eigenvalue weighted by Crippen LogP contribution is 2.50. The van der Waals surface area contributed by atoms with E-state index in [-0.39, 0.29) is 47.5 Å². The molecule has 174 valence electrons. The molecule has 5 rings (SSSR count). The van der Waals surface area contributed by atoms with Gasteiger partial charge in [0.25, 0.3) is 5.69 Å². The van der Waals surface area contributed by atoms with Crippen LogP contribution < -0.4 is 14.8 Å². The number of esters is 1. The van der Waals surface area contributed by atoms with Crippen LogP contribution in [0, 0.1) is 10.1 Å². The van der Waals surface area contributed by atoms with Crippen LogP contribution in [0.5, 0.6) is 11.5 Å². The van der Waals surface area contributed by atoms with Crippen molar-refractivity contribution in [3.05, 3.63) is 86.2 Å². The van der Waals surface area contributed by atoms with Crippen LogP contribution in [-0.4, -0.2) is 30.6 Å². The lowest BCUT2D eigenvalue weighted by molar-refractivity contribution is -0.385. The van der Waals surface area contributed by atoms with Gasteiger partial charge in [-0.15, -0.1) is 0 Å². The number of Topliss-reactive ketones (excluding diaryl/α,β-unsaturated/α-hetero) is 1. The monoisotopic (exact) mass is 462 g/mol. The molecule has 9 heteroatoms. The number of allylic oxidation sites excluding steroid dienone is 3. The minimum atomic E-state index is -0.970. The Morgan fingerprint density at radius 2 is 1.85 bits per heavy atom. The first-order valence-electron chi connectivity index (χ1n) is 10.8. The summed E-state index contributed by atoms with van der Waals surface area (Å²) in [5.74, 6) is -1.27. The first-order valence-corrected chi connectivity index (χ1v) is 10.8. The molecule has 0 saturated heterocycles. The largest absolute Gasteiger partial charge is 0.466 e. The Hall–Kier alpha value is -4.14. The van der Waals surface area contributed by atoms with Gasteiger partial charge in [0.1, 0.15) is 0 Å². The molecule has 0 amide bonds. The van der Waals surface area contributed by atoms with E-state index in [9.17, 15) is 19.7 Å². The second kappa shape index (κ2) is 8.33. The summed E-state index contributed by atoms with van der Waals surface area (Å²) in [6.07, 6.45) is 0.763. The minimum Gasteiger partial charge on any atom is -0.466 e. The first kappa shape index (κ1) is 21.7. The van der Waals surface area contributed by atoms with Crippen LogP contribution >= 0.6 is 0 Å². The number of methoxy groups -OCH3 is 1. The molecule has 2 unspecified atom stereocenters. The number of fused-ring (bicyclic) bond motifs is 1. The van der Waals surface area contributed by atoms with Gasteiger partial charge in [0.05, 0.1) is 29.6 Å². The SMILES string of the molecule is COC(=O)C1=C(C)NC2=C(C(=O)CC(c3ccccc3)C2)C1c1cc2c(cc1[N+](=O)[O-])OCO2. The topological polar surface area (TPSA) is 117 Å². The summed E-state index contributed by atoms with van der Waals surface area (Å²) < 4.78 is 15.8. The number of dihydropyridines is 1. The van der Waals surface area contributed by atoms with Gasteiger partial charge in [0.15, 0.2) is 17.3 Å². The Labute approximate surface area is 195 Å². The molecule has 34 heavy (non-hydrogen) atoms. The molecule has 0 saturated carbocycles. The summed E-state index contributed by atoms with van der Waals surface area (Å²) in [5, 5.41) is 15.3. The van der Waals surface area contributed by atoms with Crippen LogP contribution in [0.25, 0.3) is 0 Å². The third-order valence-electron chi connectivity index (χ3n) is 6.53. The van der Waals surface area contributed by atoms with Gasteiger partial charge in [0, 0.05) is 29.0 Å². The lowest BCUT2D eigenvalue weighted by Crippen LogP contribution is -2.36. The molecule has 2 heterocycles. The van der Waals surface area contributed by atoms with Crippen LogP contribution in [0.4, 0.5) is 5.69 Å². The van der Waals surface area contributed by atoms with Gasteiger partial charge in [-0.05, 0) is 30.9 Å². The number of nitro groups is 1. The maximum absolute atomic E-state index is 13.6. The fourth-order valence-corrected chi connectivity index (χ4v) is 5.03. The molecule has 3 aliphatic rings. The summed E-state index contributed by atoms with van der Waals surface area (Å²) in [6, 6.07) is 12.5. The predicted molar refractivity (Wildman–Crippen MR) is 120 cm³/mol. The number of carbonyl (C=O) groups excluding carboxylic acids is 2. The van der Waals surface area contributed by atoms with E-state index < -0.39 is 16.8 Å². The molecule has 2 aromatic rings. The molecule has 0 radical (unpaired) electrons. The number of carbonyl (C=O) groups is 2. The normalized spacial score (nSPS) is 21.2. The third kappa shape index (κ3) is 3.49. The zero-order valence-electron chi connectivity index (χ0n) is 18.6. The number of rotatable bonds is 4. The van der Waals surface area contributed by atoms with E-state index in [4.69, 9.17) is 14.2 Å². The number of ether oxygens (including phenoxy) is 3. The second-order valence-corrected chi connectivity index (χ2v) is 8.44. The van der Waals surface area contributed by atoms with Gasteiger partial charge < -0.3 is 19.5 Å². The molecular formula is C25H22N2O7. The van der Waals surface area contributed by atoms with E-state index >= 15 is 0 Å². The lowest BCUT2D eigenvalue weighted by atomic mass is 9.71. The standard InChI is InChI=1S/C25H22N2O7/c1-13-22(25(29)32-2)23(16-10-20-21(34-12-33-20)11-18(16)27(30)31)24-17(26-13)8-15(9-19(24)28)14-6-4-3-5-7-14/h3-7,10-11,15,23,26H,8-9,12H2,1-2H3. The minimum absolute atomic E-state index is 0.0418. The predicted octanol–water partition coefficient (Wildman–Crippen LogP) is 3.86. The van der Waals surface area contributed by atoms with Crippen molar-refractivity contribution >= 4 is 17.4 Å². The zero-order valence-corrected chi connectivity index (χ0v) is 18.6. The molecule has 2 atom stereocenters. The molecule has 2 aliphatic heterocycles. The van der Waals surface area contributed by atoms with Crippen molar-refractivity contribution < 1.29 is 28.7 Å². The van der Waals surface area contributed by atoms with E-state index in [0.29, 0.717) is 29.1 Å². The van der Waals surface area contributed by atoms with Crippen molar-refractivity contribution in [3.8, 4) is 11.5 Å². The van der Waals surface area contributed by atoms with Crippen molar-refractivity contribution in [1.29, 1.82) is 0 Å². The number of nitrogens with one attached hydrogen (secondary N) is 1. The Morgan fingerprint density at radius 1 is 1.15 bits per heavy atom. The smallest absolute Gasteiger partial charge is 0.336 e. The molecule has 1 N–H and O–H groups in total. The number of nitrogens with zero attached hydrogens (tertiary/aromatic N) is 1. The molecule has 2 aromatic carbocycles. The van der Waals surface area contributed by atoms with Gasteiger partial charge >= 0.3 is 5.97 Å². The van der Waals surface area contributed by atoms with E-state index in [1.807, 2.05) is 30.3 Å². The van der Waals surface area contributed by atoms with Crippen LogP contribution in [0.15, 0.2) is 65.0 Å². The first-order chi connectivity index (χ1) is 16.4. The fourth-order valence-electron chi connectivity index (χ4n) is 5.03. The Balaban J connectivity index is 1.69. The average molecular weight is 462 g/mol. The number of benzene rings is 2. The van der Waals surface area contributed by atoms with Gasteiger partial charge in [-0.1, -0.05) is 30.3 Å². The molecule has 0 fully saturated rings. The molecule has 0 spiro atoms. The van der Waals surface area contributed by atoms with E-state index in [1.165, 1.54) is 19.2 Å². The highest BCUT2D eigenvalue weighted by molar-refractivity contribution is 6.04. The van der Waals surface area contributed by atoms with Crippen molar-refractivity contribution in [2.75, 3.05) is 13.9 Å². The maximum Gasteiger partial charge on any atom is 0.336 e. The van der Waals surface area contributed by atoms with Gasteiger partial charge in [0.2, 0.25) is 6.79 Å². The molecular weight excluding hydrogens is 440 g/mol. The zero-order chi connectivity index (χ0) is 24.0. The van der Waals surface area contributed by atoms with Crippen molar-refractivity contribution in [2.45, 2.75) is 31.6 Å². The average Bonchev–Trinajstić information content (AvgIpc) is 3.30. The number of hydrogen-bond donors (Lipinski definition) is 1. The second-order valence-electron chi connectivity index (χ2n) is 8.44. The molecule has 0 aromatic heterocycles. The molecule has 0 bridgehead atoms. The van der Waals surface area contributed by atoms with Crippen LogP contribution in [-0.2, 0) is 14.3 Å². The quantitative estimate of drug-likeness (QED) is 0.414. The Morgan fingerprint density at radius 3 is 2.53 bits per heavy atom. The van der Waals surface area contributed by atoms with E-state index in [2.05, 4.69) is 5.32 Å². The number of nitro benzene ring substituents is 1. The van der Waals surface area contributed by atoms with Crippen LogP contribution in [0.3, 0.4) is 0 Å².